The molecule has 0 spiro atoms. The molecule has 2 amide bonds. The fourth-order valence-electron chi connectivity index (χ4n) is 2.27. The number of hydrogen-bond acceptors (Lipinski definition) is 6. The number of carbonyl (C=O) groups is 2. The Kier molecular flexibility index (Phi) is 5.30. The molecule has 0 aliphatic carbocycles. The molecule has 0 bridgehead atoms. The number of carbonyl (C=O) groups excluding carboxylic acids is 2. The van der Waals surface area contributed by atoms with E-state index in [1.807, 2.05) is 0 Å². The van der Waals surface area contributed by atoms with Crippen LogP contribution in [0.15, 0.2) is 51.6 Å². The van der Waals surface area contributed by atoms with Gasteiger partial charge in [0.05, 0.1) is 6.26 Å². The average Bonchev–Trinajstić information content (AvgIpc) is 3.34. The molecule has 0 fully saturated rings. The summed E-state index contributed by atoms with van der Waals surface area (Å²) in [4.78, 5) is 28.4. The topological polar surface area (TPSA) is 110 Å². The second-order valence-corrected chi connectivity index (χ2v) is 5.87. The lowest BCUT2D eigenvalue weighted by Crippen LogP contribution is -2.45. The first-order valence-electron chi connectivity index (χ1n) is 8.18. The van der Waals surface area contributed by atoms with Crippen LogP contribution in [0.2, 0.25) is 0 Å². The molecule has 3 rings (SSSR count). The average molecular weight is 372 g/mol. The van der Waals surface area contributed by atoms with Crippen LogP contribution in [-0.4, -0.2) is 28.0 Å². The highest BCUT2D eigenvalue weighted by molar-refractivity contribution is 5.95. The summed E-state index contributed by atoms with van der Waals surface area (Å²) >= 11 is 0. The van der Waals surface area contributed by atoms with Crippen molar-refractivity contribution in [1.82, 2.24) is 20.8 Å². The van der Waals surface area contributed by atoms with Crippen LogP contribution in [0.1, 0.15) is 36.3 Å². The highest BCUT2D eigenvalue weighted by Crippen LogP contribution is 2.19. The number of furan rings is 1. The van der Waals surface area contributed by atoms with E-state index in [2.05, 4.69) is 20.8 Å². The van der Waals surface area contributed by atoms with Crippen LogP contribution in [0, 0.1) is 5.82 Å². The predicted molar refractivity (Wildman–Crippen MR) is 91.9 cm³/mol. The molecule has 2 aromatic heterocycles. The van der Waals surface area contributed by atoms with Crippen molar-refractivity contribution in [2.75, 3.05) is 0 Å². The highest BCUT2D eigenvalue weighted by atomic mass is 19.1. The van der Waals surface area contributed by atoms with Gasteiger partial charge in [-0.05, 0) is 50.2 Å². The molecule has 0 saturated carbocycles. The second-order valence-electron chi connectivity index (χ2n) is 5.87. The Labute approximate surface area is 153 Å². The van der Waals surface area contributed by atoms with E-state index in [1.165, 1.54) is 36.6 Å². The molecule has 2 unspecified atom stereocenters. The van der Waals surface area contributed by atoms with E-state index in [-0.39, 0.29) is 23.3 Å². The molecular weight excluding hydrogens is 355 g/mol. The molecule has 0 aliphatic rings. The first-order chi connectivity index (χ1) is 12.9. The Balaban J connectivity index is 1.59. The molecule has 27 heavy (non-hydrogen) atoms. The molecule has 3 aromatic rings. The fourth-order valence-corrected chi connectivity index (χ4v) is 2.27. The van der Waals surface area contributed by atoms with Gasteiger partial charge in [0.25, 0.3) is 5.91 Å². The summed E-state index contributed by atoms with van der Waals surface area (Å²) in [5, 5.41) is 9.04. The van der Waals surface area contributed by atoms with E-state index in [1.54, 1.807) is 19.9 Å². The maximum Gasteiger partial charge on any atom is 0.287 e. The Morgan fingerprint density at radius 2 is 1.85 bits per heavy atom. The first-order valence-corrected chi connectivity index (χ1v) is 8.18. The molecule has 0 aliphatic heterocycles. The molecule has 0 radical (unpaired) electrons. The van der Waals surface area contributed by atoms with Crippen LogP contribution in [-0.2, 0) is 4.79 Å². The minimum Gasteiger partial charge on any atom is -0.459 e. The van der Waals surface area contributed by atoms with Crippen molar-refractivity contribution >= 4 is 11.8 Å². The summed E-state index contributed by atoms with van der Waals surface area (Å²) < 4.78 is 23.1. The third-order valence-electron chi connectivity index (χ3n) is 3.76. The lowest BCUT2D eigenvalue weighted by Gasteiger charge is -2.15. The zero-order valence-electron chi connectivity index (χ0n) is 14.6. The minimum atomic E-state index is -0.801. The lowest BCUT2D eigenvalue weighted by molar-refractivity contribution is -0.123. The van der Waals surface area contributed by atoms with Crippen LogP contribution >= 0.6 is 0 Å². The SMILES string of the molecule is CC(NC(=O)c1ccco1)C(=O)NC(C)c1nc(-c2ccc(F)cc2)no1. The molecule has 2 atom stereocenters. The van der Waals surface area contributed by atoms with Crippen molar-refractivity contribution in [3.8, 4) is 11.4 Å². The third kappa shape index (κ3) is 4.38. The van der Waals surface area contributed by atoms with Gasteiger partial charge in [0.2, 0.25) is 17.6 Å². The molecule has 0 saturated heterocycles. The van der Waals surface area contributed by atoms with Gasteiger partial charge < -0.3 is 19.6 Å². The van der Waals surface area contributed by atoms with Crippen molar-refractivity contribution in [3.63, 3.8) is 0 Å². The smallest absolute Gasteiger partial charge is 0.287 e. The van der Waals surface area contributed by atoms with E-state index in [0.29, 0.717) is 5.56 Å². The lowest BCUT2D eigenvalue weighted by atomic mass is 10.2. The molecule has 140 valence electrons. The van der Waals surface area contributed by atoms with E-state index in [0.717, 1.165) is 0 Å². The molecule has 1 aromatic carbocycles. The van der Waals surface area contributed by atoms with Gasteiger partial charge in [0.1, 0.15) is 17.9 Å². The largest absolute Gasteiger partial charge is 0.459 e. The number of nitrogens with zero attached hydrogens (tertiary/aromatic N) is 2. The van der Waals surface area contributed by atoms with Gasteiger partial charge >= 0.3 is 0 Å². The number of amides is 2. The normalized spacial score (nSPS) is 13.0. The number of benzene rings is 1. The van der Waals surface area contributed by atoms with E-state index < -0.39 is 23.9 Å². The zero-order chi connectivity index (χ0) is 19.4. The van der Waals surface area contributed by atoms with E-state index in [9.17, 15) is 14.0 Å². The van der Waals surface area contributed by atoms with Gasteiger partial charge in [-0.25, -0.2) is 4.39 Å². The first kappa shape index (κ1) is 18.3. The minimum absolute atomic E-state index is 0.114. The number of nitrogens with one attached hydrogen (secondary N) is 2. The molecule has 2 heterocycles. The monoisotopic (exact) mass is 372 g/mol. The third-order valence-corrected chi connectivity index (χ3v) is 3.76. The van der Waals surface area contributed by atoms with Crippen molar-refractivity contribution in [3.05, 3.63) is 60.1 Å². The maximum atomic E-state index is 13.0. The molecule has 2 N–H and O–H groups in total. The van der Waals surface area contributed by atoms with Crippen LogP contribution in [0.5, 0.6) is 0 Å². The van der Waals surface area contributed by atoms with Crippen molar-refractivity contribution in [2.45, 2.75) is 25.9 Å². The summed E-state index contributed by atoms with van der Waals surface area (Å²) in [6.45, 7) is 3.21. The Morgan fingerprint density at radius 1 is 1.11 bits per heavy atom. The summed E-state index contributed by atoms with van der Waals surface area (Å²) in [7, 11) is 0. The Morgan fingerprint density at radius 3 is 2.52 bits per heavy atom. The molecular formula is C18H17FN4O4. The van der Waals surface area contributed by atoms with Crippen molar-refractivity contribution < 1.29 is 22.9 Å². The van der Waals surface area contributed by atoms with Crippen LogP contribution in [0.4, 0.5) is 4.39 Å². The Bertz CT molecular complexity index is 921. The van der Waals surface area contributed by atoms with Crippen molar-refractivity contribution in [1.29, 1.82) is 0 Å². The van der Waals surface area contributed by atoms with Gasteiger partial charge in [-0.3, -0.25) is 9.59 Å². The number of hydrogen-bond donors (Lipinski definition) is 2. The van der Waals surface area contributed by atoms with Gasteiger partial charge in [0.15, 0.2) is 5.76 Å². The van der Waals surface area contributed by atoms with Gasteiger partial charge in [-0.2, -0.15) is 4.98 Å². The van der Waals surface area contributed by atoms with Crippen LogP contribution < -0.4 is 10.6 Å². The van der Waals surface area contributed by atoms with Crippen LogP contribution in [0.3, 0.4) is 0 Å². The summed E-state index contributed by atoms with van der Waals surface area (Å²) in [5.41, 5.74) is 0.587. The summed E-state index contributed by atoms with van der Waals surface area (Å²) in [6.07, 6.45) is 1.37. The standard InChI is InChI=1S/C18H17FN4O4/c1-10(20-17(25)14-4-3-9-26-14)16(24)21-11(2)18-22-15(23-27-18)12-5-7-13(19)8-6-12/h3-11H,1-2H3,(H,20,25)(H,21,24). The molecule has 8 nitrogen and oxygen atoms in total. The number of halogens is 1. The Hall–Kier alpha value is -3.49. The quantitative estimate of drug-likeness (QED) is 0.688. The van der Waals surface area contributed by atoms with Gasteiger partial charge in [-0.1, -0.05) is 5.16 Å². The van der Waals surface area contributed by atoms with Crippen LogP contribution in [0.25, 0.3) is 11.4 Å². The van der Waals surface area contributed by atoms with E-state index in [4.69, 9.17) is 8.94 Å². The summed E-state index contributed by atoms with van der Waals surface area (Å²) in [6, 6.07) is 7.33. The highest BCUT2D eigenvalue weighted by Gasteiger charge is 2.22. The van der Waals surface area contributed by atoms with Gasteiger partial charge in [0, 0.05) is 5.56 Å². The fraction of sp³-hybridized carbons (Fsp3) is 0.222. The summed E-state index contributed by atoms with van der Waals surface area (Å²) in [5.74, 6) is -0.703. The second kappa shape index (κ2) is 7.81. The predicted octanol–water partition coefficient (Wildman–Crippen LogP) is 2.46. The zero-order valence-corrected chi connectivity index (χ0v) is 14.6. The van der Waals surface area contributed by atoms with Gasteiger partial charge in [-0.15, -0.1) is 0 Å². The maximum absolute atomic E-state index is 13.0. The molecule has 9 heteroatoms. The van der Waals surface area contributed by atoms with Crippen molar-refractivity contribution in [2.24, 2.45) is 0 Å². The number of rotatable bonds is 6. The number of aromatic nitrogens is 2. The van der Waals surface area contributed by atoms with E-state index >= 15 is 0 Å².